The zero-order valence-corrected chi connectivity index (χ0v) is 56.8. The number of hydrogen-bond donors (Lipinski definition) is 7. The number of aromatic hydroxyl groups is 1. The van der Waals surface area contributed by atoms with Crippen molar-refractivity contribution in [2.45, 2.75) is 277 Å². The maximum Gasteiger partial charge on any atom is 0.342 e. The first-order valence-corrected chi connectivity index (χ1v) is 32.6. The monoisotopic (exact) mass is 1420 g/mol. The van der Waals surface area contributed by atoms with Crippen molar-refractivity contribution in [2.24, 2.45) is 5.92 Å². The van der Waals surface area contributed by atoms with E-state index in [2.05, 4.69) is 0 Å². The first kappa shape index (κ1) is 74.2. The standard InChI is InChI=1S/C61H88Cl2O33/c1-20(2)52(71)87-47-43-31(93-61(94-43)51-50(79-19-80-51)60(73,26(8)64)27(9)92-61)18-78-55(47)90-56-46(77-14)37(68)42(30(84-56)17-74-11)88-54-38(69)45(41(75-12)23(5)82-54)89-57-48(70)58(10)49(25(7)83-57)95-59(96-58)16-29(66)40(24(6)91-59)85-32-15-28(65)39(22(4)81-32)86-53(72)33-21(3)34(62)36(67)35(63)44(33)76-13/h20,22-25,27-32,37-43,45-51,54-57,65-70,73H,15-19H2,1-14H3. The van der Waals surface area contributed by atoms with E-state index in [0.29, 0.717) is 0 Å². The Bertz CT molecular complexity index is 2930. The number of aliphatic hydroxyl groups excluding tert-OH is 5. The molecule has 0 saturated carbocycles. The van der Waals surface area contributed by atoms with Crippen molar-refractivity contribution in [3.8, 4) is 11.5 Å². The average Bonchev–Trinajstić information content (AvgIpc) is 1.54. The number of ketones is 1. The van der Waals surface area contributed by atoms with Gasteiger partial charge in [0, 0.05) is 27.8 Å². The quantitative estimate of drug-likeness (QED) is 0.0953. The lowest BCUT2D eigenvalue weighted by atomic mass is 9.81. The van der Waals surface area contributed by atoms with Crippen molar-refractivity contribution in [3.63, 3.8) is 0 Å². The highest BCUT2D eigenvalue weighted by Gasteiger charge is 2.73. The van der Waals surface area contributed by atoms with Gasteiger partial charge in [0.25, 0.3) is 5.97 Å². The van der Waals surface area contributed by atoms with Crippen LogP contribution < -0.4 is 4.74 Å². The Kier molecular flexibility index (Phi) is 22.1. The lowest BCUT2D eigenvalue weighted by Crippen LogP contribution is -2.72. The molecule has 0 aromatic heterocycles. The van der Waals surface area contributed by atoms with Gasteiger partial charge in [0.2, 0.25) is 6.29 Å². The molecule has 10 heterocycles. The van der Waals surface area contributed by atoms with Crippen LogP contribution in [0.2, 0.25) is 10.0 Å². The third-order valence-corrected chi connectivity index (χ3v) is 20.4. The number of rotatable bonds is 18. The third-order valence-electron chi connectivity index (χ3n) is 19.6. The van der Waals surface area contributed by atoms with Gasteiger partial charge in [0.15, 0.2) is 66.4 Å². The Hall–Kier alpha value is -3.03. The molecule has 11 rings (SSSR count). The summed E-state index contributed by atoms with van der Waals surface area (Å²) in [6.45, 7) is 14.4. The van der Waals surface area contributed by atoms with E-state index in [1.54, 1.807) is 48.5 Å². The maximum atomic E-state index is 13.6. The Morgan fingerprint density at radius 3 is 1.98 bits per heavy atom. The molecule has 0 bridgehead atoms. The summed E-state index contributed by atoms with van der Waals surface area (Å²) < 4.78 is 141. The summed E-state index contributed by atoms with van der Waals surface area (Å²) in [6, 6.07) is 0. The van der Waals surface area contributed by atoms with Gasteiger partial charge in [0.05, 0.1) is 80.4 Å². The summed E-state index contributed by atoms with van der Waals surface area (Å²) in [7, 11) is 5.24. The zero-order chi connectivity index (χ0) is 69.7. The number of benzene rings is 1. The normalized spacial score (nSPS) is 47.7. The van der Waals surface area contributed by atoms with Crippen LogP contribution in [0.15, 0.2) is 0 Å². The van der Waals surface area contributed by atoms with Gasteiger partial charge >= 0.3 is 17.9 Å². The van der Waals surface area contributed by atoms with E-state index in [9.17, 15) is 50.1 Å². The van der Waals surface area contributed by atoms with E-state index < -0.39 is 224 Å². The van der Waals surface area contributed by atoms with E-state index in [1.807, 2.05) is 0 Å². The Morgan fingerprint density at radius 1 is 0.656 bits per heavy atom. The highest BCUT2D eigenvalue weighted by Crippen LogP contribution is 2.53. The number of methoxy groups -OCH3 is 4. The highest BCUT2D eigenvalue weighted by atomic mass is 35.5. The van der Waals surface area contributed by atoms with Crippen molar-refractivity contribution in [1.29, 1.82) is 0 Å². The minimum Gasteiger partial charge on any atom is -0.505 e. The van der Waals surface area contributed by atoms with Crippen LogP contribution in [0.25, 0.3) is 0 Å². The number of esters is 2. The maximum absolute atomic E-state index is 13.6. The minimum atomic E-state index is -2.14. The Balaban J connectivity index is 0.732. The number of phenolic OH excluding ortho intramolecular Hbond substituents is 1. The number of Topliss-reactive ketones (excluding diaryl/α,β-unsaturated/α-hetero) is 1. The number of ether oxygens (including phenoxy) is 23. The first-order chi connectivity index (χ1) is 45.3. The lowest BCUT2D eigenvalue weighted by Gasteiger charge is -2.50. The van der Waals surface area contributed by atoms with Crippen LogP contribution in [0.3, 0.4) is 0 Å². The molecular formula is C61H88Cl2O33. The molecule has 544 valence electrons. The Morgan fingerprint density at radius 2 is 1.33 bits per heavy atom. The number of halogens is 2. The molecule has 1 aromatic rings. The SMILES string of the molecule is COCC1OC(OC2OCC3OC4(OC3C2OC(=O)C(C)C)OC(C)C(O)(C(C)=O)C2OCOC24)C(OC)C(O)C1OC1OC(C)C(OC)C(OC2OC(C)C3OC4(CC(O)C(OC5CC(O)C(OC(=O)c6c(C)c(Cl)c(O)c(Cl)c6OC)C(C)O5)C(C)O4)OC3(C)C2O)C1O. The topological polar surface area (TPSA) is 405 Å². The molecule has 10 aliphatic heterocycles. The highest BCUT2D eigenvalue weighted by molar-refractivity contribution is 6.39. The summed E-state index contributed by atoms with van der Waals surface area (Å²) in [5.74, 6) is -7.69. The predicted octanol–water partition coefficient (Wildman–Crippen LogP) is 0.0228. The second kappa shape index (κ2) is 28.7. The van der Waals surface area contributed by atoms with Crippen LogP contribution in [0.5, 0.6) is 11.5 Å². The number of carbonyl (C=O) groups is 3. The van der Waals surface area contributed by atoms with Crippen molar-refractivity contribution in [1.82, 2.24) is 0 Å². The second-order valence-corrected chi connectivity index (χ2v) is 27.0. The molecule has 33 nitrogen and oxygen atoms in total. The summed E-state index contributed by atoms with van der Waals surface area (Å²) in [5.41, 5.74) is -3.87. The molecule has 10 fully saturated rings. The molecule has 0 amide bonds. The summed E-state index contributed by atoms with van der Waals surface area (Å²) in [4.78, 5) is 39.8. The fourth-order valence-corrected chi connectivity index (χ4v) is 15.0. The van der Waals surface area contributed by atoms with E-state index in [1.165, 1.54) is 49.2 Å². The molecular weight excluding hydrogens is 1330 g/mol. The molecule has 7 N–H and O–H groups in total. The van der Waals surface area contributed by atoms with Gasteiger partial charge in [-0.25, -0.2) is 4.79 Å². The fourth-order valence-electron chi connectivity index (χ4n) is 14.5. The minimum absolute atomic E-state index is 0.122. The number of phenols is 1. The lowest BCUT2D eigenvalue weighted by molar-refractivity contribution is -0.428. The molecule has 2 spiro atoms. The molecule has 0 aliphatic carbocycles. The van der Waals surface area contributed by atoms with Gasteiger partial charge in [-0.15, -0.1) is 0 Å². The smallest absolute Gasteiger partial charge is 0.342 e. The zero-order valence-electron chi connectivity index (χ0n) is 55.3. The fraction of sp³-hybridized carbons (Fsp3) is 0.852. The van der Waals surface area contributed by atoms with Gasteiger partial charge in [-0.05, 0) is 61.0 Å². The average molecular weight is 1420 g/mol. The van der Waals surface area contributed by atoms with Crippen molar-refractivity contribution >= 4 is 40.9 Å². The van der Waals surface area contributed by atoms with Crippen LogP contribution >= 0.6 is 23.2 Å². The molecule has 0 radical (unpaired) electrons. The molecule has 32 unspecified atom stereocenters. The molecule has 96 heavy (non-hydrogen) atoms. The van der Waals surface area contributed by atoms with Crippen LogP contribution in [0.4, 0.5) is 0 Å². The van der Waals surface area contributed by atoms with Crippen LogP contribution in [-0.2, 0) is 114 Å². The van der Waals surface area contributed by atoms with Crippen molar-refractivity contribution in [2.75, 3.05) is 48.4 Å². The van der Waals surface area contributed by atoms with Gasteiger partial charge in [-0.3, -0.25) is 9.59 Å². The van der Waals surface area contributed by atoms with E-state index in [0.717, 1.165) is 0 Å². The number of aliphatic hydroxyl groups is 6. The number of hydrogen-bond acceptors (Lipinski definition) is 33. The molecule has 1 aromatic carbocycles. The van der Waals surface area contributed by atoms with E-state index in [-0.39, 0.29) is 59.8 Å². The summed E-state index contributed by atoms with van der Waals surface area (Å²) >= 11 is 12.5. The van der Waals surface area contributed by atoms with Crippen molar-refractivity contribution < 1.29 is 159 Å². The summed E-state index contributed by atoms with van der Waals surface area (Å²) in [6.07, 6.45) is -36.9. The first-order valence-electron chi connectivity index (χ1n) is 31.8. The molecule has 10 saturated heterocycles. The third kappa shape index (κ3) is 13.1. The predicted molar refractivity (Wildman–Crippen MR) is 314 cm³/mol. The van der Waals surface area contributed by atoms with Gasteiger partial charge in [-0.2, -0.15) is 0 Å². The summed E-state index contributed by atoms with van der Waals surface area (Å²) in [5, 5.41) is 81.4. The van der Waals surface area contributed by atoms with Crippen molar-refractivity contribution in [3.05, 3.63) is 21.2 Å². The van der Waals surface area contributed by atoms with E-state index >= 15 is 0 Å². The largest absolute Gasteiger partial charge is 0.505 e. The van der Waals surface area contributed by atoms with Crippen LogP contribution in [0.1, 0.15) is 91.1 Å². The van der Waals surface area contributed by atoms with Crippen LogP contribution in [-0.4, -0.2) is 297 Å². The van der Waals surface area contributed by atoms with Crippen LogP contribution in [0, 0.1) is 12.8 Å². The Labute approximate surface area is 562 Å². The molecule has 32 atom stereocenters. The molecule has 35 heteroatoms. The molecule has 10 aliphatic rings. The van der Waals surface area contributed by atoms with E-state index in [4.69, 9.17) is 132 Å². The number of fused-ring (bicyclic) bond motifs is 4. The second-order valence-electron chi connectivity index (χ2n) is 26.3. The van der Waals surface area contributed by atoms with Gasteiger partial charge in [0.1, 0.15) is 102 Å². The number of carbonyl (C=O) groups excluding carboxylic acids is 3. The van der Waals surface area contributed by atoms with Gasteiger partial charge < -0.3 is 145 Å². The van der Waals surface area contributed by atoms with Gasteiger partial charge in [-0.1, -0.05) is 37.0 Å².